The van der Waals surface area contributed by atoms with Crippen molar-refractivity contribution in [1.29, 1.82) is 0 Å². The molecular formula is C18H14O3. The van der Waals surface area contributed by atoms with Crippen LogP contribution in [0.1, 0.15) is 5.56 Å². The molecule has 21 heavy (non-hydrogen) atoms. The number of hydrogen-bond donors (Lipinski definition) is 0. The molecule has 2 fully saturated rings. The van der Waals surface area contributed by atoms with E-state index in [-0.39, 0.29) is 35.6 Å². The van der Waals surface area contributed by atoms with E-state index in [2.05, 4.69) is 30.4 Å². The van der Waals surface area contributed by atoms with Crippen LogP contribution in [0.5, 0.6) is 0 Å². The topological polar surface area (TPSA) is 43.4 Å². The summed E-state index contributed by atoms with van der Waals surface area (Å²) in [6, 6.07) is 10.3. The fourth-order valence-corrected chi connectivity index (χ4v) is 4.77. The third-order valence-electron chi connectivity index (χ3n) is 5.63. The van der Waals surface area contributed by atoms with Gasteiger partial charge < -0.3 is 4.74 Å². The van der Waals surface area contributed by atoms with E-state index in [0.29, 0.717) is 11.8 Å². The maximum Gasteiger partial charge on any atom is 0.318 e. The molecule has 3 nitrogen and oxygen atoms in total. The largest absolute Gasteiger partial charge is 0.393 e. The summed E-state index contributed by atoms with van der Waals surface area (Å²) in [6.07, 6.45) is 6.56. The Bertz CT molecular complexity index is 715. The summed E-state index contributed by atoms with van der Waals surface area (Å²) in [6.45, 7) is 0. The second-order valence-electron chi connectivity index (χ2n) is 6.42. The molecule has 6 atom stereocenters. The Morgan fingerprint density at radius 1 is 0.762 bits per heavy atom. The van der Waals surface area contributed by atoms with E-state index in [1.165, 1.54) is 11.1 Å². The second kappa shape index (κ2) is 3.73. The smallest absolute Gasteiger partial charge is 0.318 e. The number of esters is 2. The highest BCUT2D eigenvalue weighted by molar-refractivity contribution is 5.98. The second-order valence-corrected chi connectivity index (χ2v) is 6.42. The van der Waals surface area contributed by atoms with Gasteiger partial charge in [0.2, 0.25) is 0 Å². The van der Waals surface area contributed by atoms with E-state index >= 15 is 0 Å². The molecule has 4 aliphatic carbocycles. The lowest BCUT2D eigenvalue weighted by Crippen LogP contribution is -2.52. The fraction of sp³-hybridized carbons (Fsp3) is 0.333. The molecule has 0 spiro atoms. The van der Waals surface area contributed by atoms with Crippen LogP contribution in [0, 0.1) is 35.5 Å². The molecule has 1 saturated heterocycles. The number of ether oxygens (including phenoxy) is 1. The van der Waals surface area contributed by atoms with E-state index < -0.39 is 0 Å². The zero-order valence-corrected chi connectivity index (χ0v) is 11.3. The molecule has 0 unspecified atom stereocenters. The lowest BCUT2D eigenvalue weighted by Gasteiger charge is -2.54. The molecule has 1 heterocycles. The number of allylic oxidation sites excluding steroid dienone is 4. The number of carbonyl (C=O) groups excluding carboxylic acids is 2. The highest BCUT2D eigenvalue weighted by Gasteiger charge is 2.63. The average Bonchev–Trinajstić information content (AvgIpc) is 2.77. The van der Waals surface area contributed by atoms with Crippen LogP contribution in [-0.4, -0.2) is 11.9 Å². The van der Waals surface area contributed by atoms with Gasteiger partial charge in [0, 0.05) is 0 Å². The van der Waals surface area contributed by atoms with Gasteiger partial charge in [0.1, 0.15) is 0 Å². The summed E-state index contributed by atoms with van der Waals surface area (Å²) in [5.74, 6) is -0.146. The molecule has 1 aliphatic heterocycles. The molecule has 5 aliphatic rings. The molecule has 0 amide bonds. The predicted molar refractivity (Wildman–Crippen MR) is 75.6 cm³/mol. The quantitative estimate of drug-likeness (QED) is 0.450. The van der Waals surface area contributed by atoms with Gasteiger partial charge in [-0.1, -0.05) is 48.6 Å². The van der Waals surface area contributed by atoms with Crippen molar-refractivity contribution in [2.24, 2.45) is 35.5 Å². The molecular weight excluding hydrogens is 264 g/mol. The van der Waals surface area contributed by atoms with Crippen molar-refractivity contribution in [1.82, 2.24) is 0 Å². The van der Waals surface area contributed by atoms with Crippen molar-refractivity contribution in [3.8, 4) is 0 Å². The van der Waals surface area contributed by atoms with Crippen molar-refractivity contribution in [2.45, 2.75) is 0 Å². The van der Waals surface area contributed by atoms with Crippen molar-refractivity contribution < 1.29 is 14.3 Å². The summed E-state index contributed by atoms with van der Waals surface area (Å²) in [5, 5.41) is 0. The molecule has 6 rings (SSSR count). The molecule has 1 aromatic rings. The first-order valence-corrected chi connectivity index (χ1v) is 7.47. The van der Waals surface area contributed by atoms with Gasteiger partial charge in [0.25, 0.3) is 0 Å². The fourth-order valence-electron chi connectivity index (χ4n) is 4.77. The van der Waals surface area contributed by atoms with Crippen LogP contribution in [0.4, 0.5) is 0 Å². The molecule has 0 radical (unpaired) electrons. The Morgan fingerprint density at radius 3 is 2.19 bits per heavy atom. The van der Waals surface area contributed by atoms with Crippen LogP contribution in [0.15, 0.2) is 48.6 Å². The van der Waals surface area contributed by atoms with Crippen LogP contribution in [0.3, 0.4) is 0 Å². The van der Waals surface area contributed by atoms with Gasteiger partial charge in [-0.15, -0.1) is 0 Å². The zero-order valence-electron chi connectivity index (χ0n) is 11.3. The molecule has 3 heteroatoms. The van der Waals surface area contributed by atoms with Gasteiger partial charge in [0.15, 0.2) is 0 Å². The van der Waals surface area contributed by atoms with Gasteiger partial charge in [-0.05, 0) is 34.8 Å². The standard InChI is InChI=1S/C18H14O3/c19-17-15-10-6-7-11(16(15)18(20)21-17)14-12(8-13(10)14)9-4-2-1-3-5-9/h1-8,10-11,13-16H/t10-,11-,13-,14-,15-,16+/m0/s1. The van der Waals surface area contributed by atoms with Crippen LogP contribution in [0.25, 0.3) is 5.57 Å². The maximum atomic E-state index is 12.0. The van der Waals surface area contributed by atoms with E-state index in [1.54, 1.807) is 0 Å². The third kappa shape index (κ3) is 1.29. The lowest BCUT2D eigenvalue weighted by molar-refractivity contribution is -0.154. The van der Waals surface area contributed by atoms with Crippen LogP contribution in [-0.2, 0) is 14.3 Å². The predicted octanol–water partition coefficient (Wildman–Crippen LogP) is 2.45. The number of cyclic esters (lactones) is 2. The van der Waals surface area contributed by atoms with Gasteiger partial charge >= 0.3 is 11.9 Å². The van der Waals surface area contributed by atoms with E-state index in [0.717, 1.165) is 0 Å². The van der Waals surface area contributed by atoms with Gasteiger partial charge in [0.05, 0.1) is 11.8 Å². The van der Waals surface area contributed by atoms with Gasteiger partial charge in [-0.2, -0.15) is 0 Å². The first kappa shape index (κ1) is 11.5. The number of carbonyl (C=O) groups is 2. The van der Waals surface area contributed by atoms with Crippen LogP contribution in [0.2, 0.25) is 0 Å². The monoisotopic (exact) mass is 278 g/mol. The summed E-state index contributed by atoms with van der Waals surface area (Å²) in [4.78, 5) is 24.0. The van der Waals surface area contributed by atoms with Gasteiger partial charge in [-0.3, -0.25) is 9.59 Å². The SMILES string of the molecule is O=C1OC(=O)[C@H]2[C@H]3C=C[C@@H]([C@H]4C(c5ccccc5)=C[C@@H]34)[C@@H]12. The maximum absolute atomic E-state index is 12.0. The minimum atomic E-state index is -0.317. The Kier molecular flexibility index (Phi) is 2.04. The first-order chi connectivity index (χ1) is 10.3. The molecule has 2 bridgehead atoms. The Morgan fingerprint density at radius 2 is 1.43 bits per heavy atom. The van der Waals surface area contributed by atoms with E-state index in [4.69, 9.17) is 4.74 Å². The third-order valence-corrected chi connectivity index (χ3v) is 5.63. The van der Waals surface area contributed by atoms with E-state index in [1.807, 2.05) is 18.2 Å². The molecule has 1 aromatic carbocycles. The minimum absolute atomic E-state index is 0.115. The minimum Gasteiger partial charge on any atom is -0.393 e. The van der Waals surface area contributed by atoms with E-state index in [9.17, 15) is 9.59 Å². The first-order valence-electron chi connectivity index (χ1n) is 7.47. The zero-order chi connectivity index (χ0) is 14.1. The number of hydrogen-bond acceptors (Lipinski definition) is 3. The highest BCUT2D eigenvalue weighted by Crippen LogP contribution is 2.62. The summed E-state index contributed by atoms with van der Waals surface area (Å²) in [7, 11) is 0. The van der Waals surface area contributed by atoms with Crippen molar-refractivity contribution >= 4 is 17.5 Å². The Labute approximate surface area is 122 Å². The Balaban J connectivity index is 1.59. The summed E-state index contributed by atoms with van der Waals surface area (Å²) in [5.41, 5.74) is 2.56. The van der Waals surface area contributed by atoms with Crippen molar-refractivity contribution in [3.63, 3.8) is 0 Å². The normalized spacial score (nSPS) is 42.0. The molecule has 0 N–H and O–H groups in total. The number of benzene rings is 1. The molecule has 104 valence electrons. The lowest BCUT2D eigenvalue weighted by atomic mass is 9.47. The molecule has 0 aromatic heterocycles. The summed E-state index contributed by atoms with van der Waals surface area (Å²) >= 11 is 0. The number of rotatable bonds is 1. The summed E-state index contributed by atoms with van der Waals surface area (Å²) < 4.78 is 4.91. The van der Waals surface area contributed by atoms with Crippen LogP contribution < -0.4 is 0 Å². The van der Waals surface area contributed by atoms with Crippen molar-refractivity contribution in [2.75, 3.05) is 0 Å². The highest BCUT2D eigenvalue weighted by atomic mass is 16.6. The van der Waals surface area contributed by atoms with Gasteiger partial charge in [-0.25, -0.2) is 0 Å². The Hall–Kier alpha value is -2.16. The molecule has 1 saturated carbocycles. The average molecular weight is 278 g/mol. The van der Waals surface area contributed by atoms with Crippen molar-refractivity contribution in [3.05, 3.63) is 54.1 Å². The van der Waals surface area contributed by atoms with Crippen LogP contribution >= 0.6 is 0 Å².